The van der Waals surface area contributed by atoms with Crippen LogP contribution in [0, 0.1) is 24.1 Å². The van der Waals surface area contributed by atoms with Gasteiger partial charge >= 0.3 is 0 Å². The Morgan fingerprint density at radius 1 is 1.40 bits per heavy atom. The lowest BCUT2D eigenvalue weighted by Crippen LogP contribution is -2.24. The summed E-state index contributed by atoms with van der Waals surface area (Å²) in [7, 11) is 0. The van der Waals surface area contributed by atoms with Gasteiger partial charge in [-0.15, -0.1) is 0 Å². The van der Waals surface area contributed by atoms with Crippen LogP contribution in [0.25, 0.3) is 0 Å². The Balaban J connectivity index is 2.06. The molecular weight excluding hydrogens is 257 g/mol. The molecule has 1 aromatic carbocycles. The number of carbonyl (C=O) groups excluding carboxylic acids is 1. The van der Waals surface area contributed by atoms with Crippen LogP contribution in [0.4, 0.5) is 4.39 Å². The third kappa shape index (κ3) is 3.18. The summed E-state index contributed by atoms with van der Waals surface area (Å²) in [5.41, 5.74) is 1.60. The molecule has 0 fully saturated rings. The first-order chi connectivity index (χ1) is 9.60. The Morgan fingerprint density at radius 2 is 2.20 bits per heavy atom. The van der Waals surface area contributed by atoms with Crippen LogP contribution in [0.1, 0.15) is 27.3 Å². The van der Waals surface area contributed by atoms with Crippen molar-refractivity contribution in [1.82, 2.24) is 10.3 Å². The number of benzene rings is 1. The Bertz CT molecular complexity index is 692. The lowest BCUT2D eigenvalue weighted by Gasteiger charge is -2.06. The molecule has 100 valence electrons. The Hall–Kier alpha value is -2.74. The molecule has 1 amide bonds. The van der Waals surface area contributed by atoms with Crippen LogP contribution in [-0.4, -0.2) is 10.9 Å². The molecule has 5 heteroatoms. The van der Waals surface area contributed by atoms with E-state index < -0.39 is 5.82 Å². The van der Waals surface area contributed by atoms with Crippen LogP contribution in [0.2, 0.25) is 0 Å². The highest BCUT2D eigenvalue weighted by atomic mass is 19.1. The zero-order valence-electron chi connectivity index (χ0n) is 10.9. The number of nitrogens with zero attached hydrogens (tertiary/aromatic N) is 2. The van der Waals surface area contributed by atoms with E-state index in [9.17, 15) is 9.18 Å². The van der Waals surface area contributed by atoms with Crippen molar-refractivity contribution in [2.24, 2.45) is 0 Å². The number of aryl methyl sites for hydroxylation is 1. The molecule has 2 aromatic rings. The second kappa shape index (κ2) is 5.93. The molecule has 4 nitrogen and oxygen atoms in total. The maximum absolute atomic E-state index is 13.6. The SMILES string of the molecule is Cc1cccc(C(=O)NCc2ccc(C#N)cc2F)n1. The summed E-state index contributed by atoms with van der Waals surface area (Å²) in [5, 5.41) is 11.2. The number of rotatable bonds is 3. The predicted octanol–water partition coefficient (Wildman–Crippen LogP) is 2.33. The molecule has 0 aliphatic carbocycles. The lowest BCUT2D eigenvalue weighted by molar-refractivity contribution is 0.0945. The molecule has 0 aliphatic heterocycles. The molecule has 2 rings (SSSR count). The molecule has 0 bridgehead atoms. The number of pyridine rings is 1. The van der Waals surface area contributed by atoms with Crippen LogP contribution >= 0.6 is 0 Å². The van der Waals surface area contributed by atoms with Crippen LogP contribution in [0.5, 0.6) is 0 Å². The largest absolute Gasteiger partial charge is 0.347 e. The maximum atomic E-state index is 13.6. The van der Waals surface area contributed by atoms with Gasteiger partial charge in [0, 0.05) is 17.8 Å². The first-order valence-corrected chi connectivity index (χ1v) is 6.00. The van der Waals surface area contributed by atoms with Crippen molar-refractivity contribution in [3.05, 3.63) is 64.7 Å². The van der Waals surface area contributed by atoms with E-state index in [1.54, 1.807) is 25.1 Å². The van der Waals surface area contributed by atoms with E-state index in [1.807, 2.05) is 6.07 Å². The first kappa shape index (κ1) is 13.7. The van der Waals surface area contributed by atoms with Crippen molar-refractivity contribution in [2.45, 2.75) is 13.5 Å². The Morgan fingerprint density at radius 3 is 2.85 bits per heavy atom. The van der Waals surface area contributed by atoms with Gasteiger partial charge in [0.25, 0.3) is 5.91 Å². The maximum Gasteiger partial charge on any atom is 0.270 e. The van der Waals surface area contributed by atoms with Gasteiger partial charge in [0.15, 0.2) is 0 Å². The summed E-state index contributed by atoms with van der Waals surface area (Å²) in [6, 6.07) is 11.1. The van der Waals surface area contributed by atoms with Crippen molar-refractivity contribution in [3.63, 3.8) is 0 Å². The molecule has 1 heterocycles. The standard InChI is InChI=1S/C15H12FN3O/c1-10-3-2-4-14(19-10)15(20)18-9-12-6-5-11(8-17)7-13(12)16/h2-7H,9H2,1H3,(H,18,20). The zero-order valence-corrected chi connectivity index (χ0v) is 10.9. The van der Waals surface area contributed by atoms with Crippen LogP contribution in [0.15, 0.2) is 36.4 Å². The smallest absolute Gasteiger partial charge is 0.270 e. The molecule has 1 aromatic heterocycles. The highest BCUT2D eigenvalue weighted by molar-refractivity contribution is 5.92. The predicted molar refractivity (Wildman–Crippen MR) is 71.3 cm³/mol. The van der Waals surface area contributed by atoms with E-state index in [-0.39, 0.29) is 18.0 Å². The van der Waals surface area contributed by atoms with Gasteiger partial charge in [0.05, 0.1) is 11.6 Å². The Kier molecular flexibility index (Phi) is 4.06. The van der Waals surface area contributed by atoms with Gasteiger partial charge in [0.1, 0.15) is 11.5 Å². The van der Waals surface area contributed by atoms with Crippen LogP contribution in [0.3, 0.4) is 0 Å². The van der Waals surface area contributed by atoms with E-state index in [2.05, 4.69) is 10.3 Å². The molecule has 0 unspecified atom stereocenters. The summed E-state index contributed by atoms with van der Waals surface area (Å²) in [5.74, 6) is -0.876. The van der Waals surface area contributed by atoms with Gasteiger partial charge in [-0.3, -0.25) is 4.79 Å². The number of amides is 1. The fourth-order valence-corrected chi connectivity index (χ4v) is 1.70. The molecule has 0 spiro atoms. The van der Waals surface area contributed by atoms with Gasteiger partial charge in [-0.1, -0.05) is 12.1 Å². The quantitative estimate of drug-likeness (QED) is 0.930. The van der Waals surface area contributed by atoms with Gasteiger partial charge in [-0.25, -0.2) is 9.37 Å². The summed E-state index contributed by atoms with van der Waals surface area (Å²) >= 11 is 0. The van der Waals surface area contributed by atoms with Crippen LogP contribution < -0.4 is 5.32 Å². The molecule has 20 heavy (non-hydrogen) atoms. The van der Waals surface area contributed by atoms with Crippen molar-refractivity contribution in [1.29, 1.82) is 5.26 Å². The zero-order chi connectivity index (χ0) is 14.5. The van der Waals surface area contributed by atoms with E-state index in [4.69, 9.17) is 5.26 Å². The highest BCUT2D eigenvalue weighted by Crippen LogP contribution is 2.10. The first-order valence-electron chi connectivity index (χ1n) is 6.00. The van der Waals surface area contributed by atoms with Gasteiger partial charge in [-0.2, -0.15) is 5.26 Å². The van der Waals surface area contributed by atoms with E-state index in [0.717, 1.165) is 11.8 Å². The second-order valence-corrected chi connectivity index (χ2v) is 4.26. The van der Waals surface area contributed by atoms with Crippen LogP contribution in [-0.2, 0) is 6.54 Å². The van der Waals surface area contributed by atoms with Crippen molar-refractivity contribution in [2.75, 3.05) is 0 Å². The highest BCUT2D eigenvalue weighted by Gasteiger charge is 2.09. The summed E-state index contributed by atoms with van der Waals surface area (Å²) in [6.07, 6.45) is 0. The second-order valence-electron chi connectivity index (χ2n) is 4.26. The lowest BCUT2D eigenvalue weighted by atomic mass is 10.1. The van der Waals surface area contributed by atoms with Crippen molar-refractivity contribution >= 4 is 5.91 Å². The average molecular weight is 269 g/mol. The summed E-state index contributed by atoms with van der Waals surface area (Å²) in [6.45, 7) is 1.84. The summed E-state index contributed by atoms with van der Waals surface area (Å²) < 4.78 is 13.6. The molecule has 0 aliphatic rings. The fraction of sp³-hybridized carbons (Fsp3) is 0.133. The number of nitriles is 1. The minimum absolute atomic E-state index is 0.0476. The molecule has 0 atom stereocenters. The average Bonchev–Trinajstić information content (AvgIpc) is 2.45. The number of carbonyl (C=O) groups is 1. The molecule has 0 saturated heterocycles. The fourth-order valence-electron chi connectivity index (χ4n) is 1.70. The third-order valence-corrected chi connectivity index (χ3v) is 2.74. The van der Waals surface area contributed by atoms with Crippen molar-refractivity contribution < 1.29 is 9.18 Å². The summed E-state index contributed by atoms with van der Waals surface area (Å²) in [4.78, 5) is 15.9. The van der Waals surface area contributed by atoms with E-state index >= 15 is 0 Å². The number of aromatic nitrogens is 1. The molecule has 0 saturated carbocycles. The van der Waals surface area contributed by atoms with Gasteiger partial charge < -0.3 is 5.32 Å². The normalized spacial score (nSPS) is 9.85. The third-order valence-electron chi connectivity index (χ3n) is 2.74. The minimum Gasteiger partial charge on any atom is -0.347 e. The van der Waals surface area contributed by atoms with Gasteiger partial charge in [0.2, 0.25) is 0 Å². The van der Waals surface area contributed by atoms with Gasteiger partial charge in [-0.05, 0) is 31.2 Å². The Labute approximate surface area is 115 Å². The number of hydrogen-bond donors (Lipinski definition) is 1. The monoisotopic (exact) mass is 269 g/mol. The number of halogens is 1. The van der Waals surface area contributed by atoms with Crippen molar-refractivity contribution in [3.8, 4) is 6.07 Å². The molecule has 1 N–H and O–H groups in total. The molecular formula is C15H12FN3O. The topological polar surface area (TPSA) is 65.8 Å². The number of hydrogen-bond acceptors (Lipinski definition) is 3. The number of nitrogens with one attached hydrogen (secondary N) is 1. The minimum atomic E-state index is -0.512. The van der Waals surface area contributed by atoms with E-state index in [1.165, 1.54) is 12.1 Å². The van der Waals surface area contributed by atoms with E-state index in [0.29, 0.717) is 11.3 Å². The molecule has 0 radical (unpaired) electrons.